The van der Waals surface area contributed by atoms with Crippen LogP contribution in [0.25, 0.3) is 16.7 Å². The highest BCUT2D eigenvalue weighted by atomic mass is 16.2. The van der Waals surface area contributed by atoms with Gasteiger partial charge in [-0.15, -0.1) is 0 Å². The average Bonchev–Trinajstić information content (AvgIpc) is 3.13. The number of H-pyrrole nitrogens is 1. The number of nitrogens with one attached hydrogen (secondary N) is 2. The minimum absolute atomic E-state index is 0.00842. The zero-order valence-electron chi connectivity index (χ0n) is 16.2. The summed E-state index contributed by atoms with van der Waals surface area (Å²) in [7, 11) is 0. The van der Waals surface area contributed by atoms with Crippen LogP contribution >= 0.6 is 0 Å². The predicted molar refractivity (Wildman–Crippen MR) is 109 cm³/mol. The molecule has 0 unspecified atom stereocenters. The number of benzene rings is 1. The lowest BCUT2D eigenvalue weighted by atomic mass is 9.95. The number of para-hydroxylation sites is 1. The molecule has 1 aliphatic heterocycles. The summed E-state index contributed by atoms with van der Waals surface area (Å²) in [6.07, 6.45) is 7.32. The van der Waals surface area contributed by atoms with Gasteiger partial charge < -0.3 is 15.2 Å². The SMILES string of the molecule is O=C(NC1CCCCC1)N1CC(c2nc3c(cnn3-c3ccccc3)c(=O)[nH]2)C1. The molecule has 2 N–H and O–H groups in total. The number of carbonyl (C=O) groups is 1. The van der Waals surface area contributed by atoms with Gasteiger partial charge in [0.25, 0.3) is 5.56 Å². The molecule has 1 saturated heterocycles. The largest absolute Gasteiger partial charge is 0.335 e. The molecule has 5 rings (SSSR count). The smallest absolute Gasteiger partial charge is 0.317 e. The van der Waals surface area contributed by atoms with Crippen LogP contribution in [0.5, 0.6) is 0 Å². The van der Waals surface area contributed by atoms with Gasteiger partial charge in [0.2, 0.25) is 0 Å². The van der Waals surface area contributed by atoms with E-state index in [9.17, 15) is 9.59 Å². The van der Waals surface area contributed by atoms with E-state index in [4.69, 9.17) is 4.98 Å². The zero-order chi connectivity index (χ0) is 19.8. The third-order valence-corrected chi connectivity index (χ3v) is 5.95. The number of amides is 2. The second-order valence-corrected chi connectivity index (χ2v) is 7.97. The molecule has 2 aromatic heterocycles. The van der Waals surface area contributed by atoms with Gasteiger partial charge in [0.05, 0.1) is 17.8 Å². The van der Waals surface area contributed by atoms with Gasteiger partial charge in [0.15, 0.2) is 5.65 Å². The Morgan fingerprint density at radius 2 is 1.86 bits per heavy atom. The minimum Gasteiger partial charge on any atom is -0.335 e. The Labute approximate surface area is 167 Å². The van der Waals surface area contributed by atoms with Crippen LogP contribution in [-0.2, 0) is 0 Å². The highest BCUT2D eigenvalue weighted by molar-refractivity contribution is 5.76. The summed E-state index contributed by atoms with van der Waals surface area (Å²) in [5, 5.41) is 7.94. The normalized spacial score (nSPS) is 18.0. The Kier molecular flexibility index (Phi) is 4.54. The van der Waals surface area contributed by atoms with Crippen molar-refractivity contribution < 1.29 is 4.79 Å². The lowest BCUT2D eigenvalue weighted by Gasteiger charge is -2.39. The molecule has 3 heterocycles. The second kappa shape index (κ2) is 7.35. The van der Waals surface area contributed by atoms with E-state index in [1.807, 2.05) is 30.3 Å². The molecule has 1 aromatic carbocycles. The summed E-state index contributed by atoms with van der Waals surface area (Å²) in [5.74, 6) is 0.644. The zero-order valence-corrected chi connectivity index (χ0v) is 16.2. The van der Waals surface area contributed by atoms with E-state index in [-0.39, 0.29) is 17.5 Å². The Balaban J connectivity index is 1.33. The van der Waals surface area contributed by atoms with Crippen LogP contribution in [0.1, 0.15) is 43.8 Å². The van der Waals surface area contributed by atoms with Crippen molar-refractivity contribution in [3.63, 3.8) is 0 Å². The van der Waals surface area contributed by atoms with E-state index in [1.165, 1.54) is 19.3 Å². The second-order valence-electron chi connectivity index (χ2n) is 7.97. The molecule has 2 fully saturated rings. The lowest BCUT2D eigenvalue weighted by Crippen LogP contribution is -2.55. The molecule has 8 nitrogen and oxygen atoms in total. The molecule has 2 aliphatic rings. The molecule has 0 bridgehead atoms. The first-order chi connectivity index (χ1) is 14.2. The number of nitrogens with zero attached hydrogens (tertiary/aromatic N) is 4. The minimum atomic E-state index is -0.197. The number of fused-ring (bicyclic) bond motifs is 1. The highest BCUT2D eigenvalue weighted by Crippen LogP contribution is 2.26. The number of carbonyl (C=O) groups excluding carboxylic acids is 1. The number of aromatic amines is 1. The Morgan fingerprint density at radius 3 is 2.62 bits per heavy atom. The first-order valence-electron chi connectivity index (χ1n) is 10.3. The molecule has 0 atom stereocenters. The number of aromatic nitrogens is 4. The third-order valence-electron chi connectivity index (χ3n) is 5.95. The average molecular weight is 392 g/mol. The Bertz CT molecular complexity index is 1080. The molecular formula is C21H24N6O2. The van der Waals surface area contributed by atoms with Crippen LogP contribution in [-0.4, -0.2) is 49.8 Å². The van der Waals surface area contributed by atoms with Gasteiger partial charge in [-0.3, -0.25) is 4.79 Å². The van der Waals surface area contributed by atoms with Gasteiger partial charge in [0, 0.05) is 19.1 Å². The molecule has 2 amide bonds. The summed E-state index contributed by atoms with van der Waals surface area (Å²) >= 11 is 0. The summed E-state index contributed by atoms with van der Waals surface area (Å²) in [5.41, 5.74) is 1.20. The maximum atomic E-state index is 12.5. The summed E-state index contributed by atoms with van der Waals surface area (Å²) in [6, 6.07) is 9.92. The first kappa shape index (κ1) is 17.9. The molecule has 29 heavy (non-hydrogen) atoms. The molecule has 1 aliphatic carbocycles. The Hall–Kier alpha value is -3.16. The maximum Gasteiger partial charge on any atom is 0.317 e. The fourth-order valence-electron chi connectivity index (χ4n) is 4.22. The number of hydrogen-bond acceptors (Lipinski definition) is 4. The Morgan fingerprint density at radius 1 is 1.10 bits per heavy atom. The van der Waals surface area contributed by atoms with E-state index in [0.29, 0.717) is 36.0 Å². The topological polar surface area (TPSA) is 95.9 Å². The number of urea groups is 1. The van der Waals surface area contributed by atoms with Crippen molar-refractivity contribution in [2.75, 3.05) is 13.1 Å². The van der Waals surface area contributed by atoms with Gasteiger partial charge in [-0.25, -0.2) is 14.5 Å². The van der Waals surface area contributed by atoms with Crippen LogP contribution in [0.4, 0.5) is 4.79 Å². The summed E-state index contributed by atoms with van der Waals surface area (Å²) in [4.78, 5) is 34.3. The number of likely N-dealkylation sites (tertiary alicyclic amines) is 1. The fourth-order valence-corrected chi connectivity index (χ4v) is 4.22. The molecule has 3 aromatic rings. The van der Waals surface area contributed by atoms with Crippen molar-refractivity contribution >= 4 is 17.1 Å². The van der Waals surface area contributed by atoms with Crippen LogP contribution in [0.2, 0.25) is 0 Å². The van der Waals surface area contributed by atoms with Gasteiger partial charge in [0.1, 0.15) is 11.2 Å². The highest BCUT2D eigenvalue weighted by Gasteiger charge is 2.34. The molecular weight excluding hydrogens is 368 g/mol. The van der Waals surface area contributed by atoms with Crippen LogP contribution in [0.15, 0.2) is 41.3 Å². The van der Waals surface area contributed by atoms with E-state index in [2.05, 4.69) is 15.4 Å². The van der Waals surface area contributed by atoms with Crippen molar-refractivity contribution in [2.45, 2.75) is 44.1 Å². The standard InChI is InChI=1S/C21H24N6O2/c28-20-17-11-22-27(16-9-5-2-6-10-16)19(17)24-18(25-20)14-12-26(13-14)21(29)23-15-7-3-1-4-8-15/h2,5-6,9-11,14-15H,1,3-4,7-8,12-13H2,(H,23,29)(H,24,25,28). The van der Waals surface area contributed by atoms with E-state index in [0.717, 1.165) is 18.5 Å². The van der Waals surface area contributed by atoms with E-state index in [1.54, 1.807) is 15.8 Å². The summed E-state index contributed by atoms with van der Waals surface area (Å²) in [6.45, 7) is 1.12. The van der Waals surface area contributed by atoms with Crippen molar-refractivity contribution in [2.24, 2.45) is 0 Å². The lowest BCUT2D eigenvalue weighted by molar-refractivity contribution is 0.143. The van der Waals surface area contributed by atoms with E-state index >= 15 is 0 Å². The van der Waals surface area contributed by atoms with Gasteiger partial charge >= 0.3 is 6.03 Å². The monoisotopic (exact) mass is 392 g/mol. The van der Waals surface area contributed by atoms with Crippen molar-refractivity contribution in [1.29, 1.82) is 0 Å². The van der Waals surface area contributed by atoms with Gasteiger partial charge in [-0.2, -0.15) is 5.10 Å². The summed E-state index contributed by atoms with van der Waals surface area (Å²) < 4.78 is 1.68. The molecule has 8 heteroatoms. The van der Waals surface area contributed by atoms with Crippen molar-refractivity contribution in [3.8, 4) is 5.69 Å². The van der Waals surface area contributed by atoms with Crippen molar-refractivity contribution in [1.82, 2.24) is 30.0 Å². The van der Waals surface area contributed by atoms with E-state index < -0.39 is 0 Å². The first-order valence-corrected chi connectivity index (χ1v) is 10.3. The molecule has 1 saturated carbocycles. The van der Waals surface area contributed by atoms with Crippen LogP contribution in [0.3, 0.4) is 0 Å². The van der Waals surface area contributed by atoms with Gasteiger partial charge in [-0.05, 0) is 25.0 Å². The molecule has 0 spiro atoms. The third kappa shape index (κ3) is 3.39. The fraction of sp³-hybridized carbons (Fsp3) is 0.429. The molecule has 150 valence electrons. The van der Waals surface area contributed by atoms with Crippen LogP contribution in [0, 0.1) is 0 Å². The van der Waals surface area contributed by atoms with Crippen LogP contribution < -0.4 is 10.9 Å². The quantitative estimate of drug-likeness (QED) is 0.716. The maximum absolute atomic E-state index is 12.5. The van der Waals surface area contributed by atoms with Gasteiger partial charge in [-0.1, -0.05) is 37.5 Å². The molecule has 0 radical (unpaired) electrons. The number of hydrogen-bond donors (Lipinski definition) is 2. The number of rotatable bonds is 3. The van der Waals surface area contributed by atoms with Crippen molar-refractivity contribution in [3.05, 3.63) is 52.7 Å². The predicted octanol–water partition coefficient (Wildman–Crippen LogP) is 2.55.